The fourth-order valence-electron chi connectivity index (χ4n) is 3.63. The number of nitrogens with zero attached hydrogens (tertiary/aromatic N) is 1. The van der Waals surface area contributed by atoms with Crippen molar-refractivity contribution in [2.24, 2.45) is 0 Å². The molecule has 0 spiro atoms. The Balaban J connectivity index is 5.40. The maximum atomic E-state index is 13.5. The lowest BCUT2D eigenvalue weighted by Crippen LogP contribution is -2.52. The monoisotopic (exact) mass is 713 g/mol. The highest BCUT2D eigenvalue weighted by Crippen LogP contribution is 2.18. The van der Waals surface area contributed by atoms with Crippen LogP contribution in [0.2, 0.25) is 0 Å². The number of carbonyl (C=O) groups excluding carboxylic acids is 5. The number of hydrogen-bond donors (Lipinski definition) is 5. The van der Waals surface area contributed by atoms with Gasteiger partial charge in [0.05, 0.1) is 22.7 Å². The Hall–Kier alpha value is -2.26. The molecule has 0 saturated heterocycles. The summed E-state index contributed by atoms with van der Waals surface area (Å²) in [5.41, 5.74) is -1.40. The zero-order chi connectivity index (χ0) is 31.6. The second-order valence-corrected chi connectivity index (χ2v) is 11.8. The normalized spacial score (nSPS) is 12.2. The van der Waals surface area contributed by atoms with E-state index in [0.29, 0.717) is 12.8 Å². The van der Waals surface area contributed by atoms with Gasteiger partial charge in [-0.1, -0.05) is 38.8 Å². The Bertz CT molecular complexity index is 879. The molecule has 0 aliphatic rings. The smallest absolute Gasteiger partial charge is 0.303 e. The summed E-state index contributed by atoms with van der Waals surface area (Å²) in [6.07, 6.45) is 0.268. The van der Waals surface area contributed by atoms with Crippen molar-refractivity contribution in [2.45, 2.75) is 83.9 Å². The van der Waals surface area contributed by atoms with E-state index in [1.54, 1.807) is 20.8 Å². The second-order valence-electron chi connectivity index (χ2n) is 10.7. The molecular formula is C26H45Br2N5O8. The fraction of sp³-hybridized carbons (Fsp3) is 0.769. The standard InChI is InChI=1S/C26H45Br2N5O8/c1-6-19(34)32-25(2,3)9-14-41-26(4,5)15-20(35)31-18(7-8-23(38)39)24(40)33(12-10-29-21(36)16-27)13-11-30-22(37)17-28/h18H,6-17H2,1-5H3,(H,29,36)(H,30,37)(H,31,35)(H,32,34)(H,38,39). The molecule has 1 unspecified atom stereocenters. The van der Waals surface area contributed by atoms with Crippen molar-refractivity contribution in [1.82, 2.24) is 26.2 Å². The van der Waals surface area contributed by atoms with Crippen LogP contribution in [0.25, 0.3) is 0 Å². The van der Waals surface area contributed by atoms with E-state index in [1.165, 1.54) is 4.90 Å². The molecule has 0 aromatic carbocycles. The first-order valence-corrected chi connectivity index (χ1v) is 15.7. The molecule has 0 aromatic rings. The largest absolute Gasteiger partial charge is 0.481 e. The third-order valence-corrected chi connectivity index (χ3v) is 6.87. The number of hydrogen-bond acceptors (Lipinski definition) is 7. The van der Waals surface area contributed by atoms with Gasteiger partial charge in [-0.3, -0.25) is 28.8 Å². The third-order valence-electron chi connectivity index (χ3n) is 5.85. The number of ether oxygens (including phenoxy) is 1. The van der Waals surface area contributed by atoms with Crippen molar-refractivity contribution in [2.75, 3.05) is 43.4 Å². The van der Waals surface area contributed by atoms with Crippen molar-refractivity contribution >= 4 is 67.4 Å². The van der Waals surface area contributed by atoms with Crippen molar-refractivity contribution in [3.05, 3.63) is 0 Å². The molecule has 0 fully saturated rings. The number of carboxylic acid groups (broad SMARTS) is 1. The average molecular weight is 715 g/mol. The minimum absolute atomic E-state index is 0.0734. The van der Waals surface area contributed by atoms with Gasteiger partial charge >= 0.3 is 5.97 Å². The SMILES string of the molecule is CCC(=O)NC(C)(C)CCOC(C)(C)CC(=O)NC(CCC(=O)O)C(=O)N(CCNC(=O)CBr)CCNC(=O)CBr. The van der Waals surface area contributed by atoms with Crippen molar-refractivity contribution < 1.29 is 38.6 Å². The van der Waals surface area contributed by atoms with Crippen LogP contribution in [0.1, 0.15) is 66.7 Å². The van der Waals surface area contributed by atoms with E-state index in [9.17, 15) is 33.9 Å². The van der Waals surface area contributed by atoms with Crippen LogP contribution >= 0.6 is 31.9 Å². The Labute approximate surface area is 258 Å². The second kappa shape index (κ2) is 19.8. The van der Waals surface area contributed by atoms with Gasteiger partial charge in [-0.2, -0.15) is 0 Å². The topological polar surface area (TPSA) is 183 Å². The quantitative estimate of drug-likeness (QED) is 0.109. The maximum Gasteiger partial charge on any atom is 0.303 e. The Kier molecular flexibility index (Phi) is 18.7. The summed E-state index contributed by atoms with van der Waals surface area (Å²) in [6.45, 7) is 9.66. The van der Waals surface area contributed by atoms with E-state index in [0.717, 1.165) is 0 Å². The molecule has 41 heavy (non-hydrogen) atoms. The van der Waals surface area contributed by atoms with E-state index in [1.807, 2.05) is 13.8 Å². The first-order chi connectivity index (χ1) is 19.1. The molecule has 0 aliphatic carbocycles. The van der Waals surface area contributed by atoms with E-state index < -0.39 is 35.0 Å². The van der Waals surface area contributed by atoms with Crippen LogP contribution in [0.5, 0.6) is 0 Å². The van der Waals surface area contributed by atoms with E-state index in [4.69, 9.17) is 4.74 Å². The molecule has 0 saturated carbocycles. The van der Waals surface area contributed by atoms with Gasteiger partial charge in [0.1, 0.15) is 6.04 Å². The van der Waals surface area contributed by atoms with Crippen LogP contribution in [0, 0.1) is 0 Å². The maximum absolute atomic E-state index is 13.5. The Morgan fingerprint density at radius 2 is 1.41 bits per heavy atom. The van der Waals surface area contributed by atoms with Crippen molar-refractivity contribution in [1.29, 1.82) is 0 Å². The first-order valence-electron chi connectivity index (χ1n) is 13.5. The van der Waals surface area contributed by atoms with Crippen LogP contribution < -0.4 is 21.3 Å². The summed E-state index contributed by atoms with van der Waals surface area (Å²) in [5, 5.41) is 20.2. The molecule has 0 aliphatic heterocycles. The van der Waals surface area contributed by atoms with Gasteiger partial charge in [0.25, 0.3) is 0 Å². The van der Waals surface area contributed by atoms with E-state index >= 15 is 0 Å². The number of halogens is 2. The lowest BCUT2D eigenvalue weighted by atomic mass is 10.00. The summed E-state index contributed by atoms with van der Waals surface area (Å²) in [7, 11) is 0. The summed E-state index contributed by atoms with van der Waals surface area (Å²) in [6, 6.07) is -1.14. The number of aliphatic carboxylic acids is 1. The summed E-state index contributed by atoms with van der Waals surface area (Å²) >= 11 is 6.10. The number of carbonyl (C=O) groups is 6. The summed E-state index contributed by atoms with van der Waals surface area (Å²) in [5.74, 6) is -2.79. The predicted molar refractivity (Wildman–Crippen MR) is 161 cm³/mol. The molecular weight excluding hydrogens is 670 g/mol. The third kappa shape index (κ3) is 18.7. The minimum Gasteiger partial charge on any atom is -0.481 e. The summed E-state index contributed by atoms with van der Waals surface area (Å²) in [4.78, 5) is 74.0. The molecule has 5 N–H and O–H groups in total. The molecule has 0 rings (SSSR count). The van der Waals surface area contributed by atoms with Crippen LogP contribution in [0.4, 0.5) is 0 Å². The van der Waals surface area contributed by atoms with Crippen LogP contribution in [-0.4, -0.2) is 106 Å². The fourth-order valence-corrected chi connectivity index (χ4v) is 4.02. The van der Waals surface area contributed by atoms with Gasteiger partial charge < -0.3 is 36.0 Å². The first kappa shape index (κ1) is 38.7. The van der Waals surface area contributed by atoms with Crippen molar-refractivity contribution in [3.8, 4) is 0 Å². The average Bonchev–Trinajstić information content (AvgIpc) is 2.88. The highest BCUT2D eigenvalue weighted by molar-refractivity contribution is 9.09. The molecule has 0 heterocycles. The lowest BCUT2D eigenvalue weighted by molar-refractivity contribution is -0.141. The Morgan fingerprint density at radius 3 is 1.88 bits per heavy atom. The Morgan fingerprint density at radius 1 is 0.878 bits per heavy atom. The van der Waals surface area contributed by atoms with E-state index in [-0.39, 0.29) is 80.4 Å². The molecule has 15 heteroatoms. The molecule has 236 valence electrons. The minimum atomic E-state index is -1.14. The lowest BCUT2D eigenvalue weighted by Gasteiger charge is -2.31. The molecule has 5 amide bonds. The number of nitrogens with one attached hydrogen (secondary N) is 4. The van der Waals surface area contributed by atoms with Gasteiger partial charge in [-0.25, -0.2) is 0 Å². The van der Waals surface area contributed by atoms with Crippen molar-refractivity contribution in [3.63, 3.8) is 0 Å². The van der Waals surface area contributed by atoms with Gasteiger partial charge in [0.15, 0.2) is 0 Å². The van der Waals surface area contributed by atoms with Gasteiger partial charge in [0, 0.05) is 51.2 Å². The molecule has 1 atom stereocenters. The van der Waals surface area contributed by atoms with E-state index in [2.05, 4.69) is 53.1 Å². The zero-order valence-electron chi connectivity index (χ0n) is 24.6. The zero-order valence-corrected chi connectivity index (χ0v) is 27.7. The number of alkyl halides is 2. The number of amides is 5. The summed E-state index contributed by atoms with van der Waals surface area (Å²) < 4.78 is 5.92. The van der Waals surface area contributed by atoms with Gasteiger partial charge in [0.2, 0.25) is 29.5 Å². The number of rotatable bonds is 21. The van der Waals surface area contributed by atoms with Gasteiger partial charge in [-0.05, 0) is 40.5 Å². The number of carboxylic acids is 1. The molecule has 0 bridgehead atoms. The predicted octanol–water partition coefficient (Wildman–Crippen LogP) is 1.07. The highest BCUT2D eigenvalue weighted by atomic mass is 79.9. The molecule has 13 nitrogen and oxygen atoms in total. The van der Waals surface area contributed by atoms with Crippen LogP contribution in [-0.2, 0) is 33.5 Å². The molecule has 0 radical (unpaired) electrons. The van der Waals surface area contributed by atoms with Crippen LogP contribution in [0.3, 0.4) is 0 Å². The van der Waals surface area contributed by atoms with Crippen LogP contribution in [0.15, 0.2) is 0 Å². The highest BCUT2D eigenvalue weighted by Gasteiger charge is 2.30. The van der Waals surface area contributed by atoms with Gasteiger partial charge in [-0.15, -0.1) is 0 Å². The molecule has 0 aromatic heterocycles.